The summed E-state index contributed by atoms with van der Waals surface area (Å²) in [4.78, 5) is 31.5. The van der Waals surface area contributed by atoms with Crippen molar-refractivity contribution >= 4 is 23.5 Å². The molecule has 1 aromatic rings. The molecule has 3 fully saturated rings. The number of aromatic nitrogens is 1. The zero-order valence-electron chi connectivity index (χ0n) is 21.3. The van der Waals surface area contributed by atoms with Gasteiger partial charge in [0.25, 0.3) is 0 Å². The van der Waals surface area contributed by atoms with Crippen LogP contribution in [-0.2, 0) is 20.9 Å². The number of carbonyl (C=O) groups excluding carboxylic acids is 2. The first-order chi connectivity index (χ1) is 16.5. The molecule has 0 spiro atoms. The second-order valence-electron chi connectivity index (χ2n) is 11.5. The minimum absolute atomic E-state index is 0.0488. The molecule has 2 N–H and O–H groups in total. The molecule has 0 radical (unpaired) electrons. The van der Waals surface area contributed by atoms with Crippen molar-refractivity contribution in [1.29, 1.82) is 0 Å². The number of thioether (sulfide) groups is 1. The van der Waals surface area contributed by atoms with Crippen molar-refractivity contribution in [3.63, 3.8) is 0 Å². The first-order valence-corrected chi connectivity index (χ1v) is 13.7. The smallest absolute Gasteiger partial charge is 0.316 e. The molecule has 35 heavy (non-hydrogen) atoms. The highest BCUT2D eigenvalue weighted by molar-refractivity contribution is 8.00. The number of nitrogens with zero attached hydrogens (tertiary/aromatic N) is 1. The van der Waals surface area contributed by atoms with Crippen LogP contribution in [0.4, 0.5) is 0 Å². The van der Waals surface area contributed by atoms with Crippen LogP contribution in [0.1, 0.15) is 65.4 Å². The molecule has 4 rings (SSSR count). The van der Waals surface area contributed by atoms with Crippen molar-refractivity contribution in [1.82, 2.24) is 4.98 Å². The summed E-state index contributed by atoms with van der Waals surface area (Å²) in [5.74, 6) is -0.0667. The molecule has 192 valence electrons. The topological polar surface area (TPSA) is 96.7 Å². The lowest BCUT2D eigenvalue weighted by atomic mass is 9.44. The number of hydrogen-bond donors (Lipinski definition) is 2. The van der Waals surface area contributed by atoms with Crippen LogP contribution in [0.3, 0.4) is 0 Å². The highest BCUT2D eigenvalue weighted by Crippen LogP contribution is 2.68. The van der Waals surface area contributed by atoms with Gasteiger partial charge in [-0.15, -0.1) is 18.3 Å². The van der Waals surface area contributed by atoms with E-state index in [4.69, 9.17) is 4.74 Å². The van der Waals surface area contributed by atoms with Crippen LogP contribution in [0, 0.1) is 34.0 Å². The number of ketones is 1. The first kappa shape index (κ1) is 26.4. The van der Waals surface area contributed by atoms with Crippen LogP contribution in [0.2, 0.25) is 0 Å². The zero-order valence-corrected chi connectivity index (χ0v) is 22.1. The standard InChI is InChI=1S/C28H39NO5S/c1-6-26(4)12-22(34-23(32)16-35-20-11-19(15-30)13-29-14-20)27(5)17(2)7-9-28(18(3)25(26)33)10-8-21(31)24(27)28/h6,11,13-14,17-18,22,24-25,30,33H,1,7-10,12,15-16H2,2-5H3/t17-,18+,22-,24?,25+,26-,27+,28+/m1/s1. The van der Waals surface area contributed by atoms with Crippen molar-refractivity contribution in [3.8, 4) is 0 Å². The van der Waals surface area contributed by atoms with Crippen LogP contribution in [-0.4, -0.2) is 44.9 Å². The van der Waals surface area contributed by atoms with Crippen LogP contribution >= 0.6 is 11.8 Å². The fourth-order valence-electron chi connectivity index (χ4n) is 7.47. The molecule has 0 saturated heterocycles. The summed E-state index contributed by atoms with van der Waals surface area (Å²) < 4.78 is 6.26. The number of aliphatic hydroxyl groups is 2. The van der Waals surface area contributed by atoms with Crippen molar-refractivity contribution < 1.29 is 24.5 Å². The van der Waals surface area contributed by atoms with E-state index in [0.717, 1.165) is 24.2 Å². The van der Waals surface area contributed by atoms with Crippen LogP contribution < -0.4 is 0 Å². The Morgan fingerprint density at radius 2 is 2.06 bits per heavy atom. The fraction of sp³-hybridized carbons (Fsp3) is 0.679. The average molecular weight is 502 g/mol. The maximum Gasteiger partial charge on any atom is 0.316 e. The molecule has 0 aliphatic heterocycles. The van der Waals surface area contributed by atoms with E-state index in [1.54, 1.807) is 12.4 Å². The second kappa shape index (κ2) is 9.64. The van der Waals surface area contributed by atoms with E-state index in [0.29, 0.717) is 18.4 Å². The van der Waals surface area contributed by atoms with Crippen molar-refractivity contribution in [2.75, 3.05) is 5.75 Å². The molecule has 2 bridgehead atoms. The minimum atomic E-state index is -0.672. The Kier molecular flexibility index (Phi) is 7.26. The van der Waals surface area contributed by atoms with E-state index in [2.05, 4.69) is 32.3 Å². The van der Waals surface area contributed by atoms with Crippen LogP contribution in [0.5, 0.6) is 0 Å². The van der Waals surface area contributed by atoms with Crippen LogP contribution in [0.15, 0.2) is 36.0 Å². The molecule has 1 aromatic heterocycles. The van der Waals surface area contributed by atoms with Gasteiger partial charge in [-0.25, -0.2) is 0 Å². The first-order valence-electron chi connectivity index (χ1n) is 12.7. The summed E-state index contributed by atoms with van der Waals surface area (Å²) >= 11 is 1.32. The molecule has 1 heterocycles. The third-order valence-electron chi connectivity index (χ3n) is 9.88. The normalized spacial score (nSPS) is 41.0. The van der Waals surface area contributed by atoms with Crippen molar-refractivity contribution in [2.45, 2.75) is 83.5 Å². The molecule has 0 aromatic carbocycles. The SMILES string of the molecule is C=C[C@]1(C)C[C@@H](OC(=O)CSc2cncc(CO)c2)[C@@]2(C)C3C(=O)CC[C@@]3(CC[C@H]2C)[C@@H](C)[C@@H]1O. The number of rotatable bonds is 6. The maximum atomic E-state index is 13.4. The van der Waals surface area contributed by atoms with Gasteiger partial charge in [0.15, 0.2) is 0 Å². The summed E-state index contributed by atoms with van der Waals surface area (Å²) in [6, 6.07) is 1.81. The number of esters is 1. The quantitative estimate of drug-likeness (QED) is 0.335. The molecular formula is C28H39NO5S. The lowest BCUT2D eigenvalue weighted by Crippen LogP contribution is -2.63. The van der Waals surface area contributed by atoms with E-state index < -0.39 is 23.0 Å². The third-order valence-corrected chi connectivity index (χ3v) is 10.8. The Hall–Kier alpha value is -1.70. The Balaban J connectivity index is 1.66. The maximum absolute atomic E-state index is 13.4. The van der Waals surface area contributed by atoms with Gasteiger partial charge in [0, 0.05) is 40.5 Å². The van der Waals surface area contributed by atoms with Gasteiger partial charge < -0.3 is 14.9 Å². The number of Topliss-reactive ketones (excluding diaryl/α,β-unsaturated/α-hetero) is 1. The van der Waals surface area contributed by atoms with Gasteiger partial charge in [-0.1, -0.05) is 33.8 Å². The van der Waals surface area contributed by atoms with E-state index in [9.17, 15) is 19.8 Å². The molecule has 7 heteroatoms. The Labute approximate surface area is 212 Å². The molecule has 1 unspecified atom stereocenters. The molecule has 3 saturated carbocycles. The fourth-order valence-corrected chi connectivity index (χ4v) is 8.19. The Morgan fingerprint density at radius 1 is 1.31 bits per heavy atom. The van der Waals surface area contributed by atoms with E-state index in [1.807, 2.05) is 19.1 Å². The van der Waals surface area contributed by atoms with Gasteiger partial charge in [0.2, 0.25) is 0 Å². The van der Waals surface area contributed by atoms with E-state index in [-0.39, 0.29) is 47.3 Å². The largest absolute Gasteiger partial charge is 0.461 e. The lowest BCUT2D eigenvalue weighted by Gasteiger charge is -2.61. The summed E-state index contributed by atoms with van der Waals surface area (Å²) in [6.07, 6.45) is 7.49. The summed E-state index contributed by atoms with van der Waals surface area (Å²) in [5.41, 5.74) is -0.742. The monoisotopic (exact) mass is 501 g/mol. The zero-order chi connectivity index (χ0) is 25.6. The van der Waals surface area contributed by atoms with Crippen molar-refractivity contribution in [3.05, 3.63) is 36.7 Å². The lowest BCUT2D eigenvalue weighted by molar-refractivity contribution is -0.205. The summed E-state index contributed by atoms with van der Waals surface area (Å²) in [5, 5.41) is 20.9. The number of pyridine rings is 1. The minimum Gasteiger partial charge on any atom is -0.461 e. The van der Waals surface area contributed by atoms with Gasteiger partial charge in [0.05, 0.1) is 18.5 Å². The second-order valence-corrected chi connectivity index (χ2v) is 12.6. The van der Waals surface area contributed by atoms with Gasteiger partial charge in [-0.05, 0) is 54.6 Å². The highest BCUT2D eigenvalue weighted by Gasteiger charge is 2.68. The average Bonchev–Trinajstić information content (AvgIpc) is 3.21. The summed E-state index contributed by atoms with van der Waals surface area (Å²) in [7, 11) is 0. The summed E-state index contributed by atoms with van der Waals surface area (Å²) in [6.45, 7) is 12.4. The molecule has 6 nitrogen and oxygen atoms in total. The van der Waals surface area contributed by atoms with Crippen LogP contribution in [0.25, 0.3) is 0 Å². The number of hydrogen-bond acceptors (Lipinski definition) is 7. The van der Waals surface area contributed by atoms with Gasteiger partial charge in [-0.2, -0.15) is 0 Å². The predicted octanol–water partition coefficient (Wildman–Crippen LogP) is 4.57. The Bertz CT molecular complexity index is 999. The molecular weight excluding hydrogens is 462 g/mol. The molecule has 0 amide bonds. The van der Waals surface area contributed by atoms with E-state index in [1.165, 1.54) is 11.8 Å². The van der Waals surface area contributed by atoms with E-state index >= 15 is 0 Å². The molecule has 3 aliphatic carbocycles. The highest BCUT2D eigenvalue weighted by atomic mass is 32.2. The predicted molar refractivity (Wildman–Crippen MR) is 136 cm³/mol. The van der Waals surface area contributed by atoms with Gasteiger partial charge in [-0.3, -0.25) is 14.6 Å². The molecule has 8 atom stereocenters. The Morgan fingerprint density at radius 3 is 2.74 bits per heavy atom. The molecule has 3 aliphatic rings. The number of aliphatic hydroxyl groups excluding tert-OH is 2. The van der Waals surface area contributed by atoms with Crippen molar-refractivity contribution in [2.24, 2.45) is 34.0 Å². The third kappa shape index (κ3) is 4.27. The van der Waals surface area contributed by atoms with Gasteiger partial charge in [0.1, 0.15) is 11.9 Å². The van der Waals surface area contributed by atoms with Gasteiger partial charge >= 0.3 is 5.97 Å². The number of carbonyl (C=O) groups is 2. The number of ether oxygens (including phenoxy) is 1.